The topological polar surface area (TPSA) is 29.1 Å². The number of anilines is 1. The number of thioether (sulfide) groups is 1. The molecule has 3 heteroatoms. The molecule has 2 aromatic rings. The first-order valence-corrected chi connectivity index (χ1v) is 8.53. The molecule has 1 N–H and O–H groups in total. The van der Waals surface area contributed by atoms with Crippen LogP contribution < -0.4 is 5.32 Å². The molecule has 108 valence electrons. The van der Waals surface area contributed by atoms with Crippen LogP contribution in [0.15, 0.2) is 53.4 Å². The van der Waals surface area contributed by atoms with Gasteiger partial charge in [-0.15, -0.1) is 11.8 Å². The minimum absolute atomic E-state index is 0.0205. The van der Waals surface area contributed by atoms with Gasteiger partial charge in [0.1, 0.15) is 0 Å². The lowest BCUT2D eigenvalue weighted by Crippen LogP contribution is -2.24. The molecule has 1 aliphatic rings. The van der Waals surface area contributed by atoms with Crippen LogP contribution in [0.1, 0.15) is 29.9 Å². The van der Waals surface area contributed by atoms with E-state index in [0.717, 1.165) is 29.8 Å². The highest BCUT2D eigenvalue weighted by Crippen LogP contribution is 2.32. The summed E-state index contributed by atoms with van der Waals surface area (Å²) in [5.74, 6) is 0.0910. The van der Waals surface area contributed by atoms with E-state index in [9.17, 15) is 4.79 Å². The predicted molar refractivity (Wildman–Crippen MR) is 89.0 cm³/mol. The zero-order valence-corrected chi connectivity index (χ0v) is 13.0. The normalized spacial score (nSPS) is 17.1. The SMILES string of the molecule is CSc1cccc(NC(=O)[C@@H]2CCCc3ccccc32)c1. The summed E-state index contributed by atoms with van der Waals surface area (Å²) in [6, 6.07) is 16.3. The molecular formula is C18H19NOS. The fourth-order valence-electron chi connectivity index (χ4n) is 2.96. The number of carbonyl (C=O) groups excluding carboxylic acids is 1. The molecule has 0 aliphatic heterocycles. The minimum atomic E-state index is -0.0205. The Balaban J connectivity index is 1.80. The van der Waals surface area contributed by atoms with Crippen molar-refractivity contribution in [3.8, 4) is 0 Å². The van der Waals surface area contributed by atoms with Gasteiger partial charge in [0.05, 0.1) is 5.92 Å². The second-order valence-electron chi connectivity index (χ2n) is 5.36. The first kappa shape index (κ1) is 14.2. The van der Waals surface area contributed by atoms with Crippen molar-refractivity contribution < 1.29 is 4.79 Å². The smallest absolute Gasteiger partial charge is 0.231 e. The number of benzene rings is 2. The molecule has 1 aliphatic carbocycles. The van der Waals surface area contributed by atoms with Gasteiger partial charge in [0.15, 0.2) is 0 Å². The first-order chi connectivity index (χ1) is 10.3. The second kappa shape index (κ2) is 6.35. The van der Waals surface area contributed by atoms with Crippen molar-refractivity contribution in [1.29, 1.82) is 0 Å². The van der Waals surface area contributed by atoms with Gasteiger partial charge in [0, 0.05) is 10.6 Å². The standard InChI is InChI=1S/C18H19NOS/c1-21-15-9-5-8-14(12-15)19-18(20)17-11-4-7-13-6-2-3-10-16(13)17/h2-3,5-6,8-10,12,17H,4,7,11H2,1H3,(H,19,20)/t17-/m1/s1. The molecule has 0 bridgehead atoms. The molecule has 0 spiro atoms. The zero-order chi connectivity index (χ0) is 14.7. The summed E-state index contributed by atoms with van der Waals surface area (Å²) in [7, 11) is 0. The number of nitrogens with one attached hydrogen (secondary N) is 1. The van der Waals surface area contributed by atoms with E-state index in [-0.39, 0.29) is 11.8 Å². The highest BCUT2D eigenvalue weighted by atomic mass is 32.2. The lowest BCUT2D eigenvalue weighted by Gasteiger charge is -2.24. The van der Waals surface area contributed by atoms with Gasteiger partial charge in [-0.3, -0.25) is 4.79 Å². The lowest BCUT2D eigenvalue weighted by molar-refractivity contribution is -0.117. The molecule has 3 rings (SSSR count). The lowest BCUT2D eigenvalue weighted by atomic mass is 9.82. The van der Waals surface area contributed by atoms with E-state index in [2.05, 4.69) is 29.6 Å². The van der Waals surface area contributed by atoms with Crippen LogP contribution in [0.2, 0.25) is 0 Å². The van der Waals surface area contributed by atoms with Crippen molar-refractivity contribution >= 4 is 23.4 Å². The van der Waals surface area contributed by atoms with E-state index in [0.29, 0.717) is 0 Å². The van der Waals surface area contributed by atoms with Gasteiger partial charge in [0.2, 0.25) is 5.91 Å². The van der Waals surface area contributed by atoms with Gasteiger partial charge in [-0.05, 0) is 54.8 Å². The van der Waals surface area contributed by atoms with Crippen molar-refractivity contribution in [2.45, 2.75) is 30.1 Å². The van der Waals surface area contributed by atoms with Crippen LogP contribution in [0, 0.1) is 0 Å². The average Bonchev–Trinajstić information content (AvgIpc) is 2.54. The van der Waals surface area contributed by atoms with Gasteiger partial charge in [0.25, 0.3) is 0 Å². The van der Waals surface area contributed by atoms with E-state index in [1.165, 1.54) is 11.1 Å². The minimum Gasteiger partial charge on any atom is -0.326 e. The molecule has 0 unspecified atom stereocenters. The van der Waals surface area contributed by atoms with E-state index in [1.54, 1.807) is 11.8 Å². The Morgan fingerprint density at radius 2 is 2.05 bits per heavy atom. The second-order valence-corrected chi connectivity index (χ2v) is 6.24. The molecule has 0 aromatic heterocycles. The summed E-state index contributed by atoms with van der Waals surface area (Å²) >= 11 is 1.68. The molecule has 2 aromatic carbocycles. The molecule has 1 amide bonds. The fourth-order valence-corrected chi connectivity index (χ4v) is 3.42. The highest BCUT2D eigenvalue weighted by molar-refractivity contribution is 7.98. The highest BCUT2D eigenvalue weighted by Gasteiger charge is 2.26. The summed E-state index contributed by atoms with van der Waals surface area (Å²) in [6.45, 7) is 0. The summed E-state index contributed by atoms with van der Waals surface area (Å²) in [6.07, 6.45) is 5.14. The molecule has 0 saturated carbocycles. The van der Waals surface area contributed by atoms with Gasteiger partial charge in [-0.1, -0.05) is 30.3 Å². The maximum absolute atomic E-state index is 12.6. The molecule has 0 saturated heterocycles. The van der Waals surface area contributed by atoms with Crippen molar-refractivity contribution in [2.24, 2.45) is 0 Å². The zero-order valence-electron chi connectivity index (χ0n) is 12.1. The number of hydrogen-bond donors (Lipinski definition) is 1. The third kappa shape index (κ3) is 3.13. The Labute approximate surface area is 130 Å². The van der Waals surface area contributed by atoms with E-state index in [4.69, 9.17) is 0 Å². The van der Waals surface area contributed by atoms with E-state index >= 15 is 0 Å². The molecular weight excluding hydrogens is 278 g/mol. The Hall–Kier alpha value is -1.74. The van der Waals surface area contributed by atoms with Gasteiger partial charge < -0.3 is 5.32 Å². The molecule has 1 atom stereocenters. The first-order valence-electron chi connectivity index (χ1n) is 7.30. The fraction of sp³-hybridized carbons (Fsp3) is 0.278. The quantitative estimate of drug-likeness (QED) is 0.847. The Morgan fingerprint density at radius 1 is 1.19 bits per heavy atom. The van der Waals surface area contributed by atoms with Crippen LogP contribution in [0.25, 0.3) is 0 Å². The van der Waals surface area contributed by atoms with E-state index in [1.807, 2.05) is 30.5 Å². The van der Waals surface area contributed by atoms with Crippen molar-refractivity contribution in [2.75, 3.05) is 11.6 Å². The number of aryl methyl sites for hydroxylation is 1. The van der Waals surface area contributed by atoms with Crippen molar-refractivity contribution in [3.05, 3.63) is 59.7 Å². The molecule has 0 heterocycles. The monoisotopic (exact) mass is 297 g/mol. The summed E-state index contributed by atoms with van der Waals surface area (Å²) < 4.78 is 0. The predicted octanol–water partition coefficient (Wildman–Crippen LogP) is 4.47. The Kier molecular flexibility index (Phi) is 4.30. The van der Waals surface area contributed by atoms with Crippen LogP contribution in [0.3, 0.4) is 0 Å². The summed E-state index contributed by atoms with van der Waals surface area (Å²) in [5.41, 5.74) is 3.40. The van der Waals surface area contributed by atoms with Gasteiger partial charge in [-0.2, -0.15) is 0 Å². The molecule has 0 fully saturated rings. The molecule has 2 nitrogen and oxygen atoms in total. The average molecular weight is 297 g/mol. The summed E-state index contributed by atoms with van der Waals surface area (Å²) in [4.78, 5) is 13.8. The maximum atomic E-state index is 12.6. The summed E-state index contributed by atoms with van der Waals surface area (Å²) in [5, 5.41) is 3.07. The molecule has 0 radical (unpaired) electrons. The number of carbonyl (C=O) groups is 1. The van der Waals surface area contributed by atoms with Crippen molar-refractivity contribution in [3.63, 3.8) is 0 Å². The molecule has 21 heavy (non-hydrogen) atoms. The van der Waals surface area contributed by atoms with Crippen LogP contribution in [0.5, 0.6) is 0 Å². The number of hydrogen-bond acceptors (Lipinski definition) is 2. The maximum Gasteiger partial charge on any atom is 0.231 e. The van der Waals surface area contributed by atoms with Crippen LogP contribution >= 0.6 is 11.8 Å². The largest absolute Gasteiger partial charge is 0.326 e. The van der Waals surface area contributed by atoms with E-state index < -0.39 is 0 Å². The Morgan fingerprint density at radius 3 is 2.90 bits per heavy atom. The Bertz CT molecular complexity index is 653. The van der Waals surface area contributed by atoms with Crippen molar-refractivity contribution in [1.82, 2.24) is 0 Å². The van der Waals surface area contributed by atoms with Gasteiger partial charge in [-0.25, -0.2) is 0 Å². The van der Waals surface area contributed by atoms with Gasteiger partial charge >= 0.3 is 0 Å². The van der Waals surface area contributed by atoms with Crippen LogP contribution in [0.4, 0.5) is 5.69 Å². The number of rotatable bonds is 3. The third-order valence-electron chi connectivity index (χ3n) is 4.02. The third-order valence-corrected chi connectivity index (χ3v) is 4.75. The van der Waals surface area contributed by atoms with Crippen LogP contribution in [-0.4, -0.2) is 12.2 Å². The number of fused-ring (bicyclic) bond motifs is 1. The number of amides is 1. The van der Waals surface area contributed by atoms with Crippen LogP contribution in [-0.2, 0) is 11.2 Å².